The summed E-state index contributed by atoms with van der Waals surface area (Å²) in [6, 6.07) is 9.79. The molecule has 0 fully saturated rings. The first-order valence-corrected chi connectivity index (χ1v) is 22.8. The molecular weight excluding hydrogens is 863 g/mol. The minimum atomic E-state index is -5.26. The lowest BCUT2D eigenvalue weighted by atomic mass is 10.1. The second-order valence-corrected chi connectivity index (χ2v) is 19.3. The number of phenolic OH excluding ortho intramolecular Hbond substituents is 1. The van der Waals surface area contributed by atoms with Crippen LogP contribution in [0.15, 0.2) is 101 Å². The number of sulfone groups is 2. The van der Waals surface area contributed by atoms with Gasteiger partial charge in [0, 0.05) is 0 Å². The Kier molecular flexibility index (Phi) is 12.9. The van der Waals surface area contributed by atoms with Gasteiger partial charge in [0.25, 0.3) is 20.2 Å². The van der Waals surface area contributed by atoms with Crippen molar-refractivity contribution >= 4 is 101 Å². The number of nitrogens with zero attached hydrogens (tertiary/aromatic N) is 4. The van der Waals surface area contributed by atoms with E-state index in [-0.39, 0.29) is 21.2 Å². The molecule has 23 nitrogen and oxygen atoms in total. The molecule has 0 heterocycles. The van der Waals surface area contributed by atoms with Gasteiger partial charge in [-0.05, 0) is 66.0 Å². The summed E-state index contributed by atoms with van der Waals surface area (Å²) in [5, 5.41) is 25.1. The fourth-order valence-electron chi connectivity index (χ4n) is 4.46. The molecule has 1 unspecified atom stereocenters. The number of fused-ring (bicyclic) bond motifs is 1. The van der Waals surface area contributed by atoms with E-state index >= 15 is 0 Å². The van der Waals surface area contributed by atoms with E-state index in [1.165, 1.54) is 0 Å². The van der Waals surface area contributed by atoms with Crippen LogP contribution >= 0.6 is 0 Å². The van der Waals surface area contributed by atoms with Gasteiger partial charge in [-0.3, -0.25) is 22.4 Å². The number of hydrogen-bond acceptors (Lipinski definition) is 19. The Hall–Kier alpha value is -4.40. The van der Waals surface area contributed by atoms with Crippen LogP contribution in [-0.4, -0.2) is 94.3 Å². The second kappa shape index (κ2) is 16.4. The normalized spacial score (nSPS) is 13.9. The van der Waals surface area contributed by atoms with Gasteiger partial charge in [0.15, 0.2) is 25.4 Å². The molecule has 1 atom stereocenters. The highest BCUT2D eigenvalue weighted by atomic mass is 32.3. The SMILES string of the molecule is Nc1c(N=Nc2ccc(S(=O)(=O)CCOS(=O)(=O)O)cc2)c(S(=O)(=O)O)cc2cc(S(=O)(=O)O)c(N=Nc3ccc(S(=O)(=O)CCOS(=O)O)cc3)c(O)c12. The van der Waals surface area contributed by atoms with Crippen molar-refractivity contribution in [3.8, 4) is 5.75 Å². The number of phenols is 1. The fraction of sp³-hybridized carbons (Fsp3) is 0.154. The Balaban J connectivity index is 1.77. The van der Waals surface area contributed by atoms with Crippen LogP contribution < -0.4 is 5.73 Å². The summed E-state index contributed by atoms with van der Waals surface area (Å²) in [7, 11) is -23.5. The highest BCUT2D eigenvalue weighted by Crippen LogP contribution is 2.48. The average Bonchev–Trinajstić information content (AvgIpc) is 3.05. The molecular formula is C26H25N5O18S6. The van der Waals surface area contributed by atoms with Crippen LogP contribution in [-0.2, 0) is 70.0 Å². The van der Waals surface area contributed by atoms with Gasteiger partial charge in [0.05, 0.1) is 57.0 Å². The number of nitrogens with two attached hydrogens (primary N) is 1. The Morgan fingerprint density at radius 2 is 1.05 bits per heavy atom. The number of hydrogen-bond donors (Lipinski definition) is 6. The molecule has 7 N–H and O–H groups in total. The second-order valence-electron chi connectivity index (χ2n) is 10.6. The Morgan fingerprint density at radius 1 is 0.636 bits per heavy atom. The molecule has 29 heteroatoms. The van der Waals surface area contributed by atoms with E-state index < -0.39 is 130 Å². The van der Waals surface area contributed by atoms with E-state index in [2.05, 4.69) is 28.8 Å². The number of anilines is 1. The van der Waals surface area contributed by atoms with Crippen molar-refractivity contribution in [2.45, 2.75) is 19.6 Å². The molecule has 0 saturated carbocycles. The Bertz CT molecular complexity index is 2790. The summed E-state index contributed by atoms with van der Waals surface area (Å²) in [6.45, 7) is -1.51. The molecule has 0 aromatic heterocycles. The third-order valence-corrected chi connectivity index (χ3v) is 12.9. The first-order valence-electron chi connectivity index (χ1n) is 14.2. The summed E-state index contributed by atoms with van der Waals surface area (Å²) in [6.07, 6.45) is 0. The zero-order valence-electron chi connectivity index (χ0n) is 27.0. The molecule has 0 bridgehead atoms. The van der Waals surface area contributed by atoms with Gasteiger partial charge < -0.3 is 10.8 Å². The maximum Gasteiger partial charge on any atom is 0.397 e. The highest BCUT2D eigenvalue weighted by molar-refractivity contribution is 7.91. The fourth-order valence-corrected chi connectivity index (χ4v) is 8.70. The van der Waals surface area contributed by atoms with E-state index in [0.717, 1.165) is 48.5 Å². The van der Waals surface area contributed by atoms with Crippen molar-refractivity contribution < 1.29 is 78.0 Å². The van der Waals surface area contributed by atoms with Gasteiger partial charge in [-0.2, -0.15) is 39.7 Å². The average molecular weight is 888 g/mol. The summed E-state index contributed by atoms with van der Waals surface area (Å²) in [4.78, 5) is -2.78. The predicted molar refractivity (Wildman–Crippen MR) is 189 cm³/mol. The first-order chi connectivity index (χ1) is 25.3. The van der Waals surface area contributed by atoms with Gasteiger partial charge in [-0.15, -0.1) is 10.2 Å². The van der Waals surface area contributed by atoms with Crippen LogP contribution in [0.4, 0.5) is 28.4 Å². The smallest absolute Gasteiger partial charge is 0.397 e. The van der Waals surface area contributed by atoms with Crippen LogP contribution in [0.1, 0.15) is 0 Å². The molecule has 0 spiro atoms. The van der Waals surface area contributed by atoms with Crippen LogP contribution in [0.3, 0.4) is 0 Å². The van der Waals surface area contributed by atoms with E-state index in [4.69, 9.17) is 14.8 Å². The number of aromatic hydroxyl groups is 1. The van der Waals surface area contributed by atoms with Gasteiger partial charge in [0.1, 0.15) is 21.2 Å². The van der Waals surface area contributed by atoms with Crippen molar-refractivity contribution in [3.63, 3.8) is 0 Å². The van der Waals surface area contributed by atoms with Crippen LogP contribution in [0.25, 0.3) is 10.8 Å². The highest BCUT2D eigenvalue weighted by Gasteiger charge is 2.28. The zero-order chi connectivity index (χ0) is 41.1. The molecule has 0 saturated heterocycles. The molecule has 0 aliphatic carbocycles. The van der Waals surface area contributed by atoms with Gasteiger partial charge >= 0.3 is 21.8 Å². The van der Waals surface area contributed by atoms with Gasteiger partial charge in [-0.25, -0.2) is 21.0 Å². The lowest BCUT2D eigenvalue weighted by Gasteiger charge is -2.14. The van der Waals surface area contributed by atoms with Gasteiger partial charge in [0.2, 0.25) is 0 Å². The third-order valence-electron chi connectivity index (χ3n) is 6.91. The summed E-state index contributed by atoms with van der Waals surface area (Å²) in [5.41, 5.74) is 3.43. The molecule has 0 aliphatic rings. The first kappa shape index (κ1) is 43.3. The van der Waals surface area contributed by atoms with Crippen LogP contribution in [0.5, 0.6) is 5.75 Å². The predicted octanol–water partition coefficient (Wildman–Crippen LogP) is 2.97. The summed E-state index contributed by atoms with van der Waals surface area (Å²) < 4.78 is 177. The van der Waals surface area contributed by atoms with Crippen molar-refractivity contribution in [1.82, 2.24) is 0 Å². The Labute approximate surface area is 314 Å². The summed E-state index contributed by atoms with van der Waals surface area (Å²) >= 11 is -2.69. The Morgan fingerprint density at radius 3 is 1.47 bits per heavy atom. The van der Waals surface area contributed by atoms with E-state index in [9.17, 15) is 60.5 Å². The molecule has 298 valence electrons. The molecule has 0 radical (unpaired) electrons. The molecule has 55 heavy (non-hydrogen) atoms. The van der Waals surface area contributed by atoms with E-state index in [1.54, 1.807) is 0 Å². The summed E-state index contributed by atoms with van der Waals surface area (Å²) in [5.74, 6) is -2.62. The number of nitrogen functional groups attached to an aromatic ring is 1. The third kappa shape index (κ3) is 11.1. The topological polar surface area (TPSA) is 383 Å². The van der Waals surface area contributed by atoms with Crippen molar-refractivity contribution in [1.29, 1.82) is 0 Å². The molecule has 4 rings (SSSR count). The number of benzene rings is 4. The number of azo groups is 2. The molecule has 0 amide bonds. The largest absolute Gasteiger partial charge is 0.505 e. The van der Waals surface area contributed by atoms with E-state index in [0.29, 0.717) is 12.1 Å². The standard InChI is InChI=1S/C26H25N5O18S6/c27-23-22-15(13-20(53(39,40)41)24(23)30-28-16-1-7-19(8-2-16)52(37,38)12-10-49-55(45,46)47)14-21(54(42,43)44)25(26(22)32)31-29-17-3-5-18(6-4-17)51(35,36)11-9-48-50(33)34/h1-8,13-14,32H,9-12,27H2,(H,33,34)(H,39,40,41)(H,42,43,44)(H,45,46,47). The van der Waals surface area contributed by atoms with Gasteiger partial charge in [-0.1, -0.05) is 0 Å². The minimum absolute atomic E-state index is 0.123. The maximum absolute atomic E-state index is 12.5. The van der Waals surface area contributed by atoms with Crippen molar-refractivity contribution in [2.75, 3.05) is 30.5 Å². The monoisotopic (exact) mass is 887 g/mol. The lowest BCUT2D eigenvalue weighted by Crippen LogP contribution is -2.15. The zero-order valence-corrected chi connectivity index (χ0v) is 31.9. The maximum atomic E-state index is 12.5. The van der Waals surface area contributed by atoms with E-state index in [1.807, 2.05) is 0 Å². The number of rotatable bonds is 16. The molecule has 0 aliphatic heterocycles. The van der Waals surface area contributed by atoms with Crippen molar-refractivity contribution in [3.05, 3.63) is 60.7 Å². The lowest BCUT2D eigenvalue weighted by molar-refractivity contribution is 0.284. The van der Waals surface area contributed by atoms with Crippen LogP contribution in [0, 0.1) is 0 Å². The van der Waals surface area contributed by atoms with Crippen molar-refractivity contribution in [2.24, 2.45) is 20.5 Å². The van der Waals surface area contributed by atoms with Crippen LogP contribution in [0.2, 0.25) is 0 Å². The quantitative estimate of drug-likeness (QED) is 0.0407. The molecule has 4 aromatic rings. The molecule has 4 aromatic carbocycles. The minimum Gasteiger partial charge on any atom is -0.505 e.